The average Bonchev–Trinajstić information content (AvgIpc) is 2.99. The number of ether oxygens (including phenoxy) is 2. The zero-order valence-electron chi connectivity index (χ0n) is 15.2. The predicted molar refractivity (Wildman–Crippen MR) is 108 cm³/mol. The molecule has 2 aliphatic rings. The molecule has 2 atom stereocenters. The van der Waals surface area contributed by atoms with Crippen LogP contribution in [-0.2, 0) is 9.53 Å². The SMILES string of the molecule is Cl.O=C1CC(c2cccnc2OC2CNCCOC2c2ccc(Cl)c(F)c2)=NN1. The van der Waals surface area contributed by atoms with E-state index in [9.17, 15) is 9.18 Å². The Kier molecular flexibility index (Phi) is 7.02. The molecule has 4 rings (SSSR count). The topological polar surface area (TPSA) is 84.8 Å². The Balaban J connectivity index is 0.00000240. The molecule has 0 spiro atoms. The summed E-state index contributed by atoms with van der Waals surface area (Å²) in [5.74, 6) is -0.351. The third-order valence-corrected chi connectivity index (χ3v) is 4.83. The van der Waals surface area contributed by atoms with E-state index in [1.54, 1.807) is 24.4 Å². The molecular formula is C19H19Cl2FN4O3. The van der Waals surface area contributed by atoms with E-state index in [0.29, 0.717) is 42.4 Å². The van der Waals surface area contributed by atoms with Gasteiger partial charge in [-0.3, -0.25) is 4.79 Å². The van der Waals surface area contributed by atoms with Crippen LogP contribution >= 0.6 is 24.0 Å². The van der Waals surface area contributed by atoms with E-state index < -0.39 is 18.0 Å². The largest absolute Gasteiger partial charge is 0.469 e. The second kappa shape index (κ2) is 9.49. The molecule has 0 radical (unpaired) electrons. The van der Waals surface area contributed by atoms with Crippen molar-refractivity contribution in [2.24, 2.45) is 5.10 Å². The van der Waals surface area contributed by atoms with Crippen LogP contribution in [0.1, 0.15) is 23.7 Å². The standard InChI is InChI=1S/C19H18ClFN4O3.ClH/c20-13-4-3-11(8-14(13)21)18-16(10-22-6-7-27-18)28-19-12(2-1-5-23-19)15-9-17(26)25-24-15;/h1-5,8,16,18,22H,6-7,9-10H2,(H,25,26);1H. The summed E-state index contributed by atoms with van der Waals surface area (Å²) < 4.78 is 26.1. The van der Waals surface area contributed by atoms with Gasteiger partial charge >= 0.3 is 0 Å². The molecule has 154 valence electrons. The zero-order valence-corrected chi connectivity index (χ0v) is 16.8. The fourth-order valence-electron chi connectivity index (χ4n) is 3.18. The molecule has 7 nitrogen and oxygen atoms in total. The minimum atomic E-state index is -0.512. The lowest BCUT2D eigenvalue weighted by molar-refractivity contribution is -0.119. The number of carbonyl (C=O) groups excluding carboxylic acids is 1. The summed E-state index contributed by atoms with van der Waals surface area (Å²) in [6.07, 6.45) is 0.781. The lowest BCUT2D eigenvalue weighted by Gasteiger charge is -2.26. The molecule has 10 heteroatoms. The highest BCUT2D eigenvalue weighted by molar-refractivity contribution is 6.30. The molecule has 2 aromatic rings. The number of halogens is 3. The molecule has 1 aromatic carbocycles. The molecule has 0 bridgehead atoms. The molecule has 1 saturated heterocycles. The Bertz CT molecular complexity index is 928. The van der Waals surface area contributed by atoms with Crippen molar-refractivity contribution in [3.8, 4) is 5.88 Å². The van der Waals surface area contributed by atoms with Gasteiger partial charge in [-0.25, -0.2) is 14.8 Å². The van der Waals surface area contributed by atoms with Crippen LogP contribution < -0.4 is 15.5 Å². The van der Waals surface area contributed by atoms with E-state index >= 15 is 0 Å². The fraction of sp³-hybridized carbons (Fsp3) is 0.316. The zero-order chi connectivity index (χ0) is 19.5. The molecule has 1 fully saturated rings. The van der Waals surface area contributed by atoms with Gasteiger partial charge < -0.3 is 14.8 Å². The number of benzene rings is 1. The van der Waals surface area contributed by atoms with Crippen molar-refractivity contribution in [3.63, 3.8) is 0 Å². The van der Waals surface area contributed by atoms with Crippen molar-refractivity contribution in [1.82, 2.24) is 15.7 Å². The molecule has 2 unspecified atom stereocenters. The van der Waals surface area contributed by atoms with Gasteiger partial charge in [0.15, 0.2) is 0 Å². The quantitative estimate of drug-likeness (QED) is 0.762. The first-order valence-corrected chi connectivity index (χ1v) is 9.24. The van der Waals surface area contributed by atoms with Gasteiger partial charge in [0.05, 0.1) is 29.3 Å². The fourth-order valence-corrected chi connectivity index (χ4v) is 3.30. The summed E-state index contributed by atoms with van der Waals surface area (Å²) in [5, 5.41) is 7.34. The molecule has 0 aliphatic carbocycles. The van der Waals surface area contributed by atoms with E-state index in [2.05, 4.69) is 20.8 Å². The number of hydrazone groups is 1. The summed E-state index contributed by atoms with van der Waals surface area (Å²) in [7, 11) is 0. The maximum atomic E-state index is 14.0. The summed E-state index contributed by atoms with van der Waals surface area (Å²) in [5.41, 5.74) is 4.25. The summed E-state index contributed by atoms with van der Waals surface area (Å²) in [4.78, 5) is 15.8. The van der Waals surface area contributed by atoms with E-state index in [-0.39, 0.29) is 29.8 Å². The van der Waals surface area contributed by atoms with Gasteiger partial charge in [-0.15, -0.1) is 12.4 Å². The van der Waals surface area contributed by atoms with E-state index in [0.717, 1.165) is 0 Å². The van der Waals surface area contributed by atoms with Gasteiger partial charge in [0.25, 0.3) is 0 Å². The minimum Gasteiger partial charge on any atom is -0.469 e. The average molecular weight is 441 g/mol. The van der Waals surface area contributed by atoms with E-state index in [4.69, 9.17) is 21.1 Å². The number of aromatic nitrogens is 1. The van der Waals surface area contributed by atoms with Crippen molar-refractivity contribution >= 4 is 35.6 Å². The number of hydrogen-bond acceptors (Lipinski definition) is 6. The molecule has 2 N–H and O–H groups in total. The van der Waals surface area contributed by atoms with Crippen molar-refractivity contribution in [1.29, 1.82) is 0 Å². The minimum absolute atomic E-state index is 0. The molecule has 0 saturated carbocycles. The van der Waals surface area contributed by atoms with Crippen LogP contribution in [0.15, 0.2) is 41.6 Å². The van der Waals surface area contributed by atoms with Crippen LogP contribution in [0.4, 0.5) is 4.39 Å². The lowest BCUT2D eigenvalue weighted by Crippen LogP contribution is -2.35. The smallest absolute Gasteiger partial charge is 0.246 e. The van der Waals surface area contributed by atoms with Gasteiger partial charge in [0.2, 0.25) is 11.8 Å². The van der Waals surface area contributed by atoms with Gasteiger partial charge in [-0.2, -0.15) is 5.10 Å². The first kappa shape index (κ1) is 21.4. The Morgan fingerprint density at radius 2 is 2.17 bits per heavy atom. The second-order valence-electron chi connectivity index (χ2n) is 6.45. The van der Waals surface area contributed by atoms with Crippen LogP contribution in [0.25, 0.3) is 0 Å². The molecule has 1 amide bonds. The number of rotatable bonds is 4. The number of hydrogen-bond donors (Lipinski definition) is 2. The number of nitrogens with zero attached hydrogens (tertiary/aromatic N) is 2. The van der Waals surface area contributed by atoms with Gasteiger partial charge in [0, 0.05) is 19.3 Å². The van der Waals surface area contributed by atoms with E-state index in [1.807, 2.05) is 0 Å². The number of carbonyl (C=O) groups is 1. The molecule has 2 aliphatic heterocycles. The monoisotopic (exact) mass is 440 g/mol. The Hall–Kier alpha value is -2.26. The Morgan fingerprint density at radius 1 is 1.31 bits per heavy atom. The molecule has 29 heavy (non-hydrogen) atoms. The summed E-state index contributed by atoms with van der Waals surface area (Å²) >= 11 is 5.81. The third-order valence-electron chi connectivity index (χ3n) is 4.52. The lowest BCUT2D eigenvalue weighted by atomic mass is 10.0. The number of nitrogens with one attached hydrogen (secondary N) is 2. The second-order valence-corrected chi connectivity index (χ2v) is 6.86. The first-order chi connectivity index (χ1) is 13.6. The van der Waals surface area contributed by atoms with Gasteiger partial charge in [-0.1, -0.05) is 17.7 Å². The predicted octanol–water partition coefficient (Wildman–Crippen LogP) is 2.63. The third kappa shape index (κ3) is 4.84. The number of pyridine rings is 1. The van der Waals surface area contributed by atoms with Crippen LogP contribution in [0.5, 0.6) is 5.88 Å². The maximum Gasteiger partial charge on any atom is 0.246 e. The van der Waals surface area contributed by atoms with Crippen LogP contribution in [0.2, 0.25) is 5.02 Å². The van der Waals surface area contributed by atoms with Crippen molar-refractivity contribution in [2.75, 3.05) is 19.7 Å². The van der Waals surface area contributed by atoms with Crippen molar-refractivity contribution in [3.05, 3.63) is 58.5 Å². The Morgan fingerprint density at radius 3 is 2.93 bits per heavy atom. The summed E-state index contributed by atoms with van der Waals surface area (Å²) in [6, 6.07) is 8.13. The summed E-state index contributed by atoms with van der Waals surface area (Å²) in [6.45, 7) is 1.58. The van der Waals surface area contributed by atoms with Crippen molar-refractivity contribution < 1.29 is 18.7 Å². The first-order valence-electron chi connectivity index (χ1n) is 8.86. The highest BCUT2D eigenvalue weighted by Crippen LogP contribution is 2.30. The van der Waals surface area contributed by atoms with Crippen LogP contribution in [0, 0.1) is 5.82 Å². The normalized spacial score (nSPS) is 21.6. The molecular weight excluding hydrogens is 422 g/mol. The maximum absolute atomic E-state index is 14.0. The van der Waals surface area contributed by atoms with Crippen LogP contribution in [0.3, 0.4) is 0 Å². The van der Waals surface area contributed by atoms with Crippen molar-refractivity contribution in [2.45, 2.75) is 18.6 Å². The molecule has 1 aromatic heterocycles. The molecule has 3 heterocycles. The van der Waals surface area contributed by atoms with Gasteiger partial charge in [-0.05, 0) is 29.8 Å². The van der Waals surface area contributed by atoms with Crippen LogP contribution in [-0.4, -0.2) is 42.4 Å². The highest BCUT2D eigenvalue weighted by atomic mass is 35.5. The van der Waals surface area contributed by atoms with E-state index in [1.165, 1.54) is 12.1 Å². The highest BCUT2D eigenvalue weighted by Gasteiger charge is 2.30. The number of amides is 1. The van der Waals surface area contributed by atoms with Gasteiger partial charge in [0.1, 0.15) is 18.0 Å². The Labute approximate surface area is 178 Å².